The van der Waals surface area contributed by atoms with Gasteiger partial charge in [0.2, 0.25) is 0 Å². The summed E-state index contributed by atoms with van der Waals surface area (Å²) >= 11 is 6.13. The molecule has 0 aliphatic rings. The first-order valence-electron chi connectivity index (χ1n) is 10.8. The lowest BCUT2D eigenvalue weighted by Crippen LogP contribution is -2.41. The summed E-state index contributed by atoms with van der Waals surface area (Å²) < 4.78 is 65.9. The number of hydrogen-bond donors (Lipinski definition) is 1. The van der Waals surface area contributed by atoms with Gasteiger partial charge >= 0.3 is 17.8 Å². The first-order valence-corrected chi connectivity index (χ1v) is 11.2. The second-order valence-electron chi connectivity index (χ2n) is 7.96. The Hall–Kier alpha value is -3.80. The van der Waals surface area contributed by atoms with Crippen molar-refractivity contribution in [3.05, 3.63) is 85.4 Å². The number of rotatable bonds is 8. The third kappa shape index (κ3) is 5.96. The number of benzene rings is 2. The van der Waals surface area contributed by atoms with E-state index in [1.54, 1.807) is 19.1 Å². The first kappa shape index (κ1) is 27.8. The summed E-state index contributed by atoms with van der Waals surface area (Å²) in [5, 5.41) is 8.76. The predicted molar refractivity (Wildman–Crippen MR) is 125 cm³/mol. The first-order chi connectivity index (χ1) is 17.2. The minimum absolute atomic E-state index is 0.126. The van der Waals surface area contributed by atoms with Gasteiger partial charge < -0.3 is 14.6 Å². The monoisotopic (exact) mass is 544 g/mol. The maximum absolute atomic E-state index is 14.8. The Balaban J connectivity index is 1.99. The molecule has 0 radical (unpaired) electrons. The molecule has 37 heavy (non-hydrogen) atoms. The van der Waals surface area contributed by atoms with Crippen LogP contribution in [0.1, 0.15) is 37.6 Å². The Kier molecular flexibility index (Phi) is 8.01. The van der Waals surface area contributed by atoms with Crippen LogP contribution in [0.5, 0.6) is 11.5 Å². The van der Waals surface area contributed by atoms with Crippen molar-refractivity contribution in [1.82, 2.24) is 9.13 Å². The average molecular weight is 545 g/mol. The second kappa shape index (κ2) is 10.7. The molecule has 0 fully saturated rings. The SMILES string of the molecule is CCC(Oc1cc(-n2c(=O)cc(C(F)(F)F)n(C)c2=O)c(F)cc1Cl)c1ccc(OC(C)C(=O)O)cc1. The zero-order chi connectivity index (χ0) is 27.7. The number of carboxylic acids is 1. The van der Waals surface area contributed by atoms with Gasteiger partial charge in [-0.15, -0.1) is 0 Å². The van der Waals surface area contributed by atoms with Crippen molar-refractivity contribution in [3.63, 3.8) is 0 Å². The van der Waals surface area contributed by atoms with E-state index in [-0.39, 0.29) is 26.0 Å². The van der Waals surface area contributed by atoms with E-state index in [0.29, 0.717) is 17.7 Å². The average Bonchev–Trinajstić information content (AvgIpc) is 2.82. The standard InChI is InChI=1S/C24H21ClF4N2O6/c1-4-18(13-5-7-14(8-6-13)36-12(2)22(33)34)37-19-10-17(16(26)9-15(19)25)31-21(32)11-20(24(27,28)29)30(3)23(31)35/h5-12,18H,4H2,1-3H3,(H,33,34). The van der Waals surface area contributed by atoms with E-state index < -0.39 is 52.8 Å². The van der Waals surface area contributed by atoms with Crippen molar-refractivity contribution < 1.29 is 36.9 Å². The van der Waals surface area contributed by atoms with Crippen LogP contribution in [0.15, 0.2) is 52.1 Å². The molecule has 2 aromatic carbocycles. The van der Waals surface area contributed by atoms with Crippen LogP contribution in [-0.4, -0.2) is 26.3 Å². The van der Waals surface area contributed by atoms with Crippen molar-refractivity contribution in [2.45, 2.75) is 38.7 Å². The minimum atomic E-state index is -4.97. The summed E-state index contributed by atoms with van der Waals surface area (Å²) in [7, 11) is 0.810. The van der Waals surface area contributed by atoms with Gasteiger partial charge in [-0.25, -0.2) is 18.5 Å². The van der Waals surface area contributed by atoms with Crippen molar-refractivity contribution in [2.75, 3.05) is 0 Å². The number of hydrogen-bond acceptors (Lipinski definition) is 5. The third-order valence-corrected chi connectivity index (χ3v) is 5.70. The molecule has 198 valence electrons. The van der Waals surface area contributed by atoms with Crippen LogP contribution < -0.4 is 20.7 Å². The highest BCUT2D eigenvalue weighted by Gasteiger charge is 2.35. The van der Waals surface area contributed by atoms with Crippen molar-refractivity contribution >= 4 is 17.6 Å². The third-order valence-electron chi connectivity index (χ3n) is 5.41. The van der Waals surface area contributed by atoms with Crippen LogP contribution in [0, 0.1) is 5.82 Å². The maximum Gasteiger partial charge on any atom is 0.431 e. The molecule has 2 unspecified atom stereocenters. The smallest absolute Gasteiger partial charge is 0.431 e. The quantitative estimate of drug-likeness (QED) is 0.412. The Morgan fingerprint density at radius 2 is 1.73 bits per heavy atom. The van der Waals surface area contributed by atoms with Gasteiger partial charge in [-0.05, 0) is 37.1 Å². The Labute approximate surface area is 212 Å². The number of ether oxygens (including phenoxy) is 2. The largest absolute Gasteiger partial charge is 0.484 e. The molecule has 0 aliphatic heterocycles. The van der Waals surface area contributed by atoms with Crippen molar-refractivity contribution in [2.24, 2.45) is 7.05 Å². The van der Waals surface area contributed by atoms with Crippen LogP contribution in [0.4, 0.5) is 17.6 Å². The Bertz CT molecular complexity index is 1430. The molecule has 1 N–H and O–H groups in total. The van der Waals surface area contributed by atoms with Crippen molar-refractivity contribution in [1.29, 1.82) is 0 Å². The highest BCUT2D eigenvalue weighted by Crippen LogP contribution is 2.34. The van der Waals surface area contributed by atoms with Gasteiger partial charge in [-0.2, -0.15) is 13.2 Å². The van der Waals surface area contributed by atoms with Gasteiger partial charge in [0.15, 0.2) is 6.10 Å². The number of aromatic nitrogens is 2. The lowest BCUT2D eigenvalue weighted by atomic mass is 10.1. The number of carboxylic acid groups (broad SMARTS) is 1. The molecular formula is C24H21ClF4N2O6. The number of alkyl halides is 3. The predicted octanol–water partition coefficient (Wildman–Crippen LogP) is 4.73. The fraction of sp³-hybridized carbons (Fsp3) is 0.292. The molecule has 1 heterocycles. The van der Waals surface area contributed by atoms with Gasteiger partial charge in [0.1, 0.15) is 29.1 Å². The zero-order valence-corrected chi connectivity index (χ0v) is 20.4. The molecule has 2 atom stereocenters. The molecule has 0 bridgehead atoms. The Morgan fingerprint density at radius 1 is 1.11 bits per heavy atom. The van der Waals surface area contributed by atoms with Crippen LogP contribution >= 0.6 is 11.6 Å². The van der Waals surface area contributed by atoms with Gasteiger partial charge in [0, 0.05) is 19.2 Å². The number of carbonyl (C=O) groups is 1. The van der Waals surface area contributed by atoms with E-state index in [9.17, 15) is 31.9 Å². The maximum atomic E-state index is 14.8. The van der Waals surface area contributed by atoms with Gasteiger partial charge in [0.25, 0.3) is 5.56 Å². The minimum Gasteiger partial charge on any atom is -0.484 e. The molecule has 1 aromatic heterocycles. The lowest BCUT2D eigenvalue weighted by Gasteiger charge is -2.21. The summed E-state index contributed by atoms with van der Waals surface area (Å²) in [5.74, 6) is -2.09. The van der Waals surface area contributed by atoms with Crippen LogP contribution in [0.3, 0.4) is 0 Å². The number of aliphatic carboxylic acids is 1. The van der Waals surface area contributed by atoms with E-state index in [0.717, 1.165) is 19.2 Å². The molecular weight excluding hydrogens is 524 g/mol. The highest BCUT2D eigenvalue weighted by atomic mass is 35.5. The second-order valence-corrected chi connectivity index (χ2v) is 8.37. The summed E-state index contributed by atoms with van der Waals surface area (Å²) in [6.07, 6.45) is -6.31. The van der Waals surface area contributed by atoms with Gasteiger partial charge in [-0.1, -0.05) is 30.7 Å². The number of halogens is 5. The fourth-order valence-corrected chi connectivity index (χ4v) is 3.65. The lowest BCUT2D eigenvalue weighted by molar-refractivity contribution is -0.144. The van der Waals surface area contributed by atoms with Gasteiger partial charge in [0.05, 0.1) is 10.7 Å². The van der Waals surface area contributed by atoms with E-state index in [4.69, 9.17) is 26.2 Å². The molecule has 0 saturated heterocycles. The van der Waals surface area contributed by atoms with Gasteiger partial charge in [-0.3, -0.25) is 9.36 Å². The van der Waals surface area contributed by atoms with E-state index in [2.05, 4.69) is 0 Å². The summed E-state index contributed by atoms with van der Waals surface area (Å²) in [5.41, 5.74) is -4.31. The topological polar surface area (TPSA) is 99.8 Å². The summed E-state index contributed by atoms with van der Waals surface area (Å²) in [6, 6.07) is 8.24. The van der Waals surface area contributed by atoms with Crippen LogP contribution in [0.25, 0.3) is 5.69 Å². The highest BCUT2D eigenvalue weighted by molar-refractivity contribution is 6.32. The summed E-state index contributed by atoms with van der Waals surface area (Å²) in [6.45, 7) is 3.15. The zero-order valence-electron chi connectivity index (χ0n) is 19.7. The fourth-order valence-electron chi connectivity index (χ4n) is 3.46. The van der Waals surface area contributed by atoms with E-state index >= 15 is 0 Å². The van der Waals surface area contributed by atoms with Crippen LogP contribution in [-0.2, 0) is 18.0 Å². The molecule has 0 amide bonds. The molecule has 8 nitrogen and oxygen atoms in total. The molecule has 0 saturated carbocycles. The normalized spacial score (nSPS) is 13.2. The molecule has 13 heteroatoms. The summed E-state index contributed by atoms with van der Waals surface area (Å²) in [4.78, 5) is 36.0. The van der Waals surface area contributed by atoms with E-state index in [1.165, 1.54) is 19.1 Å². The molecule has 3 aromatic rings. The number of nitrogens with zero attached hydrogens (tertiary/aromatic N) is 2. The van der Waals surface area contributed by atoms with E-state index in [1.807, 2.05) is 0 Å². The molecule has 0 spiro atoms. The van der Waals surface area contributed by atoms with Crippen LogP contribution in [0.2, 0.25) is 5.02 Å². The molecule has 0 aliphatic carbocycles. The Morgan fingerprint density at radius 3 is 2.27 bits per heavy atom. The van der Waals surface area contributed by atoms with Crippen molar-refractivity contribution in [3.8, 4) is 17.2 Å². The molecule has 3 rings (SSSR count).